The molecule has 31 heavy (non-hydrogen) atoms. The summed E-state index contributed by atoms with van der Waals surface area (Å²) in [5, 5.41) is 2.79. The molecule has 8 heteroatoms. The number of nitrogens with zero attached hydrogens (tertiary/aromatic N) is 4. The standard InChI is InChI=1S/C23H23N5O3/c29-21(9-8-20-3-1-16-31-20)26-19-6-4-18(5-7-19)17-22(30)27-12-14-28(15-13-27)23-24-10-2-11-25-23/h1-11,16H,12-15,17H2,(H,26,29)/b9-8+. The lowest BCUT2D eigenvalue weighted by Gasteiger charge is -2.34. The summed E-state index contributed by atoms with van der Waals surface area (Å²) in [6.07, 6.45) is 8.34. The summed E-state index contributed by atoms with van der Waals surface area (Å²) >= 11 is 0. The second-order valence-corrected chi connectivity index (χ2v) is 7.13. The van der Waals surface area contributed by atoms with Crippen LogP contribution >= 0.6 is 0 Å². The van der Waals surface area contributed by atoms with E-state index in [4.69, 9.17) is 4.42 Å². The zero-order valence-electron chi connectivity index (χ0n) is 17.0. The molecule has 1 fully saturated rings. The summed E-state index contributed by atoms with van der Waals surface area (Å²) in [5.41, 5.74) is 1.57. The van der Waals surface area contributed by atoms with E-state index < -0.39 is 0 Å². The molecule has 8 nitrogen and oxygen atoms in total. The average molecular weight is 417 g/mol. The Morgan fingerprint density at radius 3 is 2.42 bits per heavy atom. The van der Waals surface area contributed by atoms with E-state index in [-0.39, 0.29) is 11.8 Å². The highest BCUT2D eigenvalue weighted by Crippen LogP contribution is 2.14. The fourth-order valence-electron chi connectivity index (χ4n) is 3.33. The number of aromatic nitrogens is 2. The van der Waals surface area contributed by atoms with Gasteiger partial charge in [0.2, 0.25) is 17.8 Å². The molecule has 0 aliphatic carbocycles. The zero-order chi connectivity index (χ0) is 21.5. The second-order valence-electron chi connectivity index (χ2n) is 7.13. The van der Waals surface area contributed by atoms with Crippen LogP contribution in [0.4, 0.5) is 11.6 Å². The molecule has 1 aliphatic rings. The van der Waals surface area contributed by atoms with Crippen molar-refractivity contribution >= 4 is 29.5 Å². The van der Waals surface area contributed by atoms with Gasteiger partial charge >= 0.3 is 0 Å². The summed E-state index contributed by atoms with van der Waals surface area (Å²) < 4.78 is 5.15. The molecule has 0 unspecified atom stereocenters. The van der Waals surface area contributed by atoms with Crippen LogP contribution in [0.25, 0.3) is 6.08 Å². The molecule has 3 aromatic rings. The van der Waals surface area contributed by atoms with Crippen molar-refractivity contribution < 1.29 is 14.0 Å². The largest absolute Gasteiger partial charge is 0.465 e. The van der Waals surface area contributed by atoms with Crippen molar-refractivity contribution in [2.24, 2.45) is 0 Å². The van der Waals surface area contributed by atoms with Crippen LogP contribution in [-0.2, 0) is 16.0 Å². The molecule has 158 valence electrons. The predicted octanol–water partition coefficient (Wildman–Crippen LogP) is 2.61. The van der Waals surface area contributed by atoms with Crippen LogP contribution in [0, 0.1) is 0 Å². The van der Waals surface area contributed by atoms with Gasteiger partial charge in [0.15, 0.2) is 0 Å². The molecule has 1 aliphatic heterocycles. The monoisotopic (exact) mass is 417 g/mol. The number of hydrogen-bond donors (Lipinski definition) is 1. The van der Waals surface area contributed by atoms with Gasteiger partial charge < -0.3 is 19.5 Å². The Morgan fingerprint density at radius 1 is 1.00 bits per heavy atom. The maximum atomic E-state index is 12.7. The number of carbonyl (C=O) groups is 2. The van der Waals surface area contributed by atoms with Crippen LogP contribution in [0.3, 0.4) is 0 Å². The highest BCUT2D eigenvalue weighted by atomic mass is 16.3. The maximum absolute atomic E-state index is 12.7. The smallest absolute Gasteiger partial charge is 0.248 e. The number of anilines is 2. The quantitative estimate of drug-likeness (QED) is 0.620. The number of furan rings is 1. The molecule has 1 aromatic carbocycles. The van der Waals surface area contributed by atoms with Crippen molar-refractivity contribution in [2.75, 3.05) is 36.4 Å². The Kier molecular flexibility index (Phi) is 6.37. The lowest BCUT2D eigenvalue weighted by Crippen LogP contribution is -2.49. The highest BCUT2D eigenvalue weighted by Gasteiger charge is 2.22. The topological polar surface area (TPSA) is 91.6 Å². The van der Waals surface area contributed by atoms with Crippen molar-refractivity contribution in [3.8, 4) is 0 Å². The number of carbonyl (C=O) groups excluding carboxylic acids is 2. The number of benzene rings is 1. The Balaban J connectivity index is 1.25. The van der Waals surface area contributed by atoms with E-state index in [0.717, 1.165) is 5.56 Å². The Labute approximate surface area is 180 Å². The normalized spacial score (nSPS) is 14.1. The minimum atomic E-state index is -0.250. The van der Waals surface area contributed by atoms with Gasteiger partial charge in [-0.1, -0.05) is 12.1 Å². The first-order valence-electron chi connectivity index (χ1n) is 10.1. The molecule has 1 saturated heterocycles. The third-order valence-electron chi connectivity index (χ3n) is 4.99. The SMILES string of the molecule is O=C(/C=C/c1ccco1)Nc1ccc(CC(=O)N2CCN(c3ncccn3)CC2)cc1. The first-order chi connectivity index (χ1) is 15.2. The summed E-state index contributed by atoms with van der Waals surface area (Å²) in [7, 11) is 0. The number of amides is 2. The van der Waals surface area contributed by atoms with E-state index >= 15 is 0 Å². The van der Waals surface area contributed by atoms with E-state index in [1.807, 2.05) is 17.0 Å². The fourth-order valence-corrected chi connectivity index (χ4v) is 3.33. The van der Waals surface area contributed by atoms with Crippen molar-refractivity contribution in [1.82, 2.24) is 14.9 Å². The first kappa shape index (κ1) is 20.3. The molecule has 1 N–H and O–H groups in total. The van der Waals surface area contributed by atoms with Gasteiger partial charge in [-0.2, -0.15) is 0 Å². The molecule has 0 spiro atoms. The van der Waals surface area contributed by atoms with Crippen LogP contribution in [-0.4, -0.2) is 52.9 Å². The van der Waals surface area contributed by atoms with Crippen LogP contribution in [0.1, 0.15) is 11.3 Å². The van der Waals surface area contributed by atoms with Crippen LogP contribution in [0.2, 0.25) is 0 Å². The molecular formula is C23H23N5O3. The van der Waals surface area contributed by atoms with Gasteiger partial charge in [-0.25, -0.2) is 9.97 Å². The van der Waals surface area contributed by atoms with Crippen LogP contribution in [0.15, 0.2) is 71.6 Å². The molecule has 2 amide bonds. The third kappa shape index (κ3) is 5.57. The van der Waals surface area contributed by atoms with Gasteiger partial charge in [0.1, 0.15) is 5.76 Å². The van der Waals surface area contributed by atoms with E-state index in [0.29, 0.717) is 50.0 Å². The van der Waals surface area contributed by atoms with Crippen molar-refractivity contribution in [3.05, 3.63) is 78.5 Å². The Bertz CT molecular complexity index is 1020. The summed E-state index contributed by atoms with van der Waals surface area (Å²) in [4.78, 5) is 37.1. The van der Waals surface area contributed by atoms with Gasteiger partial charge in [-0.3, -0.25) is 9.59 Å². The average Bonchev–Trinajstić information content (AvgIpc) is 3.33. The third-order valence-corrected chi connectivity index (χ3v) is 4.99. The minimum Gasteiger partial charge on any atom is -0.465 e. The second kappa shape index (κ2) is 9.71. The molecule has 0 radical (unpaired) electrons. The summed E-state index contributed by atoms with van der Waals surface area (Å²) in [6, 6.07) is 12.6. The molecule has 0 atom stereocenters. The molecule has 4 rings (SSSR count). The van der Waals surface area contributed by atoms with Gasteiger partial charge in [0, 0.05) is 50.3 Å². The lowest BCUT2D eigenvalue weighted by molar-refractivity contribution is -0.130. The van der Waals surface area contributed by atoms with Crippen molar-refractivity contribution in [3.63, 3.8) is 0 Å². The van der Waals surface area contributed by atoms with E-state index in [2.05, 4.69) is 20.2 Å². The van der Waals surface area contributed by atoms with E-state index in [9.17, 15) is 9.59 Å². The van der Waals surface area contributed by atoms with E-state index in [1.54, 1.807) is 55.1 Å². The van der Waals surface area contributed by atoms with Gasteiger partial charge in [0.05, 0.1) is 12.7 Å². The molecule has 3 heterocycles. The van der Waals surface area contributed by atoms with Gasteiger partial charge in [-0.05, 0) is 42.0 Å². The van der Waals surface area contributed by atoms with Crippen LogP contribution in [0.5, 0.6) is 0 Å². The highest BCUT2D eigenvalue weighted by molar-refractivity contribution is 6.01. The zero-order valence-corrected chi connectivity index (χ0v) is 17.0. The number of rotatable bonds is 6. The molecular weight excluding hydrogens is 394 g/mol. The maximum Gasteiger partial charge on any atom is 0.248 e. The molecule has 2 aromatic heterocycles. The van der Waals surface area contributed by atoms with E-state index in [1.165, 1.54) is 6.08 Å². The molecule has 0 bridgehead atoms. The number of piperazine rings is 1. The summed E-state index contributed by atoms with van der Waals surface area (Å²) in [6.45, 7) is 2.72. The summed E-state index contributed by atoms with van der Waals surface area (Å²) in [5.74, 6) is 1.15. The van der Waals surface area contributed by atoms with Crippen LogP contribution < -0.4 is 10.2 Å². The van der Waals surface area contributed by atoms with Gasteiger partial charge in [0.25, 0.3) is 0 Å². The number of hydrogen-bond acceptors (Lipinski definition) is 6. The first-order valence-corrected chi connectivity index (χ1v) is 10.1. The van der Waals surface area contributed by atoms with Gasteiger partial charge in [-0.15, -0.1) is 0 Å². The van der Waals surface area contributed by atoms with Crippen molar-refractivity contribution in [1.29, 1.82) is 0 Å². The predicted molar refractivity (Wildman–Crippen MR) is 117 cm³/mol. The van der Waals surface area contributed by atoms with Crippen molar-refractivity contribution in [2.45, 2.75) is 6.42 Å². The fraction of sp³-hybridized carbons (Fsp3) is 0.217. The lowest BCUT2D eigenvalue weighted by atomic mass is 10.1. The Morgan fingerprint density at radius 2 is 1.74 bits per heavy atom. The minimum absolute atomic E-state index is 0.0896. The molecule has 0 saturated carbocycles. The number of nitrogens with one attached hydrogen (secondary N) is 1. The Hall–Kier alpha value is -3.94.